The van der Waals surface area contributed by atoms with Crippen LogP contribution in [0.25, 0.3) is 0 Å². The molecule has 0 bridgehead atoms. The highest BCUT2D eigenvalue weighted by Gasteiger charge is 2.31. The molecule has 0 amide bonds. The maximum absolute atomic E-state index is 2.31. The van der Waals surface area contributed by atoms with Gasteiger partial charge >= 0.3 is 0 Å². The Morgan fingerprint density at radius 1 is 1.31 bits per heavy atom. The Morgan fingerprint density at radius 2 is 2.00 bits per heavy atom. The van der Waals surface area contributed by atoms with Crippen LogP contribution in [0.1, 0.15) is 43.2 Å². The first-order valence-electron chi connectivity index (χ1n) is 5.38. The van der Waals surface area contributed by atoms with Crippen molar-refractivity contribution in [3.8, 4) is 0 Å². The van der Waals surface area contributed by atoms with Crippen molar-refractivity contribution in [2.45, 2.75) is 39.0 Å². The van der Waals surface area contributed by atoms with Gasteiger partial charge in [-0.2, -0.15) is 0 Å². The summed E-state index contributed by atoms with van der Waals surface area (Å²) in [5.74, 6) is 1.83. The second kappa shape index (κ2) is 3.53. The molecular weight excluding hydrogens is 156 g/mol. The number of benzene rings is 1. The summed E-state index contributed by atoms with van der Waals surface area (Å²) < 4.78 is 0. The van der Waals surface area contributed by atoms with E-state index in [-0.39, 0.29) is 0 Å². The van der Waals surface area contributed by atoms with Gasteiger partial charge < -0.3 is 0 Å². The molecular formula is C13H18. The lowest BCUT2D eigenvalue weighted by molar-refractivity contribution is 0.584. The maximum Gasteiger partial charge on any atom is -0.0134 e. The third-order valence-corrected chi connectivity index (χ3v) is 3.22. The average molecular weight is 174 g/mol. The van der Waals surface area contributed by atoms with Gasteiger partial charge in [-0.3, -0.25) is 0 Å². The van der Waals surface area contributed by atoms with Gasteiger partial charge in [-0.15, -0.1) is 0 Å². The summed E-state index contributed by atoms with van der Waals surface area (Å²) in [7, 11) is 0. The Labute approximate surface area is 81.0 Å². The monoisotopic (exact) mass is 174 g/mol. The summed E-state index contributed by atoms with van der Waals surface area (Å²) >= 11 is 0. The lowest BCUT2D eigenvalue weighted by atomic mass is 9.89. The van der Waals surface area contributed by atoms with Gasteiger partial charge in [-0.1, -0.05) is 31.2 Å². The van der Waals surface area contributed by atoms with Gasteiger partial charge in [0.1, 0.15) is 0 Å². The molecule has 0 aromatic heterocycles. The van der Waals surface area contributed by atoms with E-state index in [1.807, 2.05) is 0 Å². The first-order chi connectivity index (χ1) is 6.33. The van der Waals surface area contributed by atoms with E-state index < -0.39 is 0 Å². The smallest absolute Gasteiger partial charge is 0.0134 e. The lowest BCUT2D eigenvalue weighted by Gasteiger charge is -2.16. The molecule has 1 aliphatic rings. The Kier molecular flexibility index (Phi) is 2.39. The topological polar surface area (TPSA) is 0 Å². The zero-order chi connectivity index (χ0) is 9.26. The molecule has 1 fully saturated rings. The SMILES string of the molecule is CCC(c1ccccc1C)C1CC1. The average Bonchev–Trinajstić information content (AvgIpc) is 2.93. The molecule has 0 saturated heterocycles. The molecule has 0 nitrogen and oxygen atoms in total. The minimum absolute atomic E-state index is 0.834. The fourth-order valence-electron chi connectivity index (χ4n) is 2.31. The van der Waals surface area contributed by atoms with E-state index in [1.165, 1.54) is 24.8 Å². The van der Waals surface area contributed by atoms with Crippen LogP contribution in [0.15, 0.2) is 24.3 Å². The summed E-state index contributed by atoms with van der Waals surface area (Å²) in [6.07, 6.45) is 4.20. The van der Waals surface area contributed by atoms with Gasteiger partial charge in [0.05, 0.1) is 0 Å². The normalized spacial score (nSPS) is 18.6. The van der Waals surface area contributed by atoms with E-state index in [9.17, 15) is 0 Å². The Morgan fingerprint density at radius 3 is 2.54 bits per heavy atom. The van der Waals surface area contributed by atoms with Crippen LogP contribution < -0.4 is 0 Å². The van der Waals surface area contributed by atoms with Crippen molar-refractivity contribution in [3.63, 3.8) is 0 Å². The molecule has 1 atom stereocenters. The van der Waals surface area contributed by atoms with Crippen LogP contribution in [0, 0.1) is 12.8 Å². The van der Waals surface area contributed by atoms with Gasteiger partial charge in [-0.05, 0) is 49.1 Å². The standard InChI is InChI=1S/C13H18/c1-3-12(11-8-9-11)13-7-5-4-6-10(13)2/h4-7,11-12H,3,8-9H2,1-2H3. The first kappa shape index (κ1) is 8.80. The summed E-state index contributed by atoms with van der Waals surface area (Å²) in [6.45, 7) is 4.55. The number of rotatable bonds is 3. The molecule has 1 aromatic carbocycles. The van der Waals surface area contributed by atoms with E-state index in [2.05, 4.69) is 38.1 Å². The van der Waals surface area contributed by atoms with E-state index in [0.717, 1.165) is 11.8 Å². The number of aryl methyl sites for hydroxylation is 1. The summed E-state index contributed by atoms with van der Waals surface area (Å²) in [5.41, 5.74) is 3.06. The molecule has 70 valence electrons. The summed E-state index contributed by atoms with van der Waals surface area (Å²) in [4.78, 5) is 0. The molecule has 1 aromatic rings. The third-order valence-electron chi connectivity index (χ3n) is 3.22. The largest absolute Gasteiger partial charge is 0.0648 e. The fraction of sp³-hybridized carbons (Fsp3) is 0.538. The molecule has 0 N–H and O–H groups in total. The van der Waals surface area contributed by atoms with Crippen LogP contribution in [0.2, 0.25) is 0 Å². The van der Waals surface area contributed by atoms with Gasteiger partial charge in [-0.25, -0.2) is 0 Å². The highest BCUT2D eigenvalue weighted by Crippen LogP contribution is 2.44. The van der Waals surface area contributed by atoms with Crippen molar-refractivity contribution in [2.75, 3.05) is 0 Å². The molecule has 0 aliphatic heterocycles. The molecule has 1 saturated carbocycles. The third kappa shape index (κ3) is 1.77. The van der Waals surface area contributed by atoms with E-state index in [0.29, 0.717) is 0 Å². The van der Waals surface area contributed by atoms with Crippen molar-refractivity contribution >= 4 is 0 Å². The maximum atomic E-state index is 2.31. The second-order valence-electron chi connectivity index (χ2n) is 4.21. The van der Waals surface area contributed by atoms with Crippen molar-refractivity contribution in [2.24, 2.45) is 5.92 Å². The summed E-state index contributed by atoms with van der Waals surface area (Å²) in [6, 6.07) is 8.86. The fourth-order valence-corrected chi connectivity index (χ4v) is 2.31. The zero-order valence-electron chi connectivity index (χ0n) is 8.59. The van der Waals surface area contributed by atoms with Crippen LogP contribution >= 0.6 is 0 Å². The van der Waals surface area contributed by atoms with Gasteiger partial charge in [0, 0.05) is 0 Å². The predicted octanol–water partition coefficient (Wildman–Crippen LogP) is 3.90. The molecule has 13 heavy (non-hydrogen) atoms. The van der Waals surface area contributed by atoms with Gasteiger partial charge in [0.25, 0.3) is 0 Å². The van der Waals surface area contributed by atoms with Crippen molar-refractivity contribution in [1.29, 1.82) is 0 Å². The molecule has 0 heterocycles. The van der Waals surface area contributed by atoms with Crippen LogP contribution in [0.3, 0.4) is 0 Å². The highest BCUT2D eigenvalue weighted by molar-refractivity contribution is 5.30. The Hall–Kier alpha value is -0.780. The van der Waals surface area contributed by atoms with Crippen LogP contribution in [0.5, 0.6) is 0 Å². The van der Waals surface area contributed by atoms with Crippen LogP contribution in [-0.4, -0.2) is 0 Å². The Balaban J connectivity index is 2.26. The number of hydrogen-bond donors (Lipinski definition) is 0. The summed E-state index contributed by atoms with van der Waals surface area (Å²) in [5, 5.41) is 0. The molecule has 1 unspecified atom stereocenters. The minimum atomic E-state index is 0.834. The van der Waals surface area contributed by atoms with Crippen molar-refractivity contribution in [3.05, 3.63) is 35.4 Å². The van der Waals surface area contributed by atoms with Gasteiger partial charge in [0.15, 0.2) is 0 Å². The first-order valence-corrected chi connectivity index (χ1v) is 5.38. The zero-order valence-corrected chi connectivity index (χ0v) is 8.59. The molecule has 0 spiro atoms. The Bertz CT molecular complexity index is 284. The quantitative estimate of drug-likeness (QED) is 0.652. The van der Waals surface area contributed by atoms with E-state index in [1.54, 1.807) is 5.56 Å². The van der Waals surface area contributed by atoms with Gasteiger partial charge in [0.2, 0.25) is 0 Å². The lowest BCUT2D eigenvalue weighted by Crippen LogP contribution is -2.01. The second-order valence-corrected chi connectivity index (χ2v) is 4.21. The van der Waals surface area contributed by atoms with Crippen LogP contribution in [0.4, 0.5) is 0 Å². The molecule has 1 aliphatic carbocycles. The van der Waals surface area contributed by atoms with E-state index >= 15 is 0 Å². The molecule has 0 heteroatoms. The van der Waals surface area contributed by atoms with E-state index in [4.69, 9.17) is 0 Å². The van der Waals surface area contributed by atoms with Crippen LogP contribution in [-0.2, 0) is 0 Å². The van der Waals surface area contributed by atoms with Crippen molar-refractivity contribution < 1.29 is 0 Å². The predicted molar refractivity (Wildman–Crippen MR) is 56.9 cm³/mol. The molecule has 2 rings (SSSR count). The molecule has 0 radical (unpaired) electrons. The number of hydrogen-bond acceptors (Lipinski definition) is 0. The minimum Gasteiger partial charge on any atom is -0.0648 e. The highest BCUT2D eigenvalue weighted by atomic mass is 14.4. The van der Waals surface area contributed by atoms with Crippen molar-refractivity contribution in [1.82, 2.24) is 0 Å².